The summed E-state index contributed by atoms with van der Waals surface area (Å²) in [5.74, 6) is 1.72. The van der Waals surface area contributed by atoms with Crippen LogP contribution in [0.2, 0.25) is 0 Å². The minimum absolute atomic E-state index is 0.824. The van der Waals surface area contributed by atoms with Crippen LogP contribution in [0, 0.1) is 13.8 Å². The van der Waals surface area contributed by atoms with Crippen LogP contribution in [0.3, 0.4) is 0 Å². The highest BCUT2D eigenvalue weighted by Gasteiger charge is 2.02. The van der Waals surface area contributed by atoms with Crippen LogP contribution in [0.5, 0.6) is 5.75 Å². The summed E-state index contributed by atoms with van der Waals surface area (Å²) >= 11 is 0. The Labute approximate surface area is 150 Å². The van der Waals surface area contributed by atoms with Crippen molar-refractivity contribution in [2.24, 2.45) is 4.99 Å². The van der Waals surface area contributed by atoms with Gasteiger partial charge in [0.25, 0.3) is 0 Å². The molecule has 2 N–H and O–H groups in total. The number of nitrogens with zero attached hydrogens (tertiary/aromatic N) is 3. The third-order valence-electron chi connectivity index (χ3n) is 4.01. The van der Waals surface area contributed by atoms with Gasteiger partial charge in [0.2, 0.25) is 0 Å². The molecule has 0 unspecified atom stereocenters. The first-order chi connectivity index (χ1) is 12.1. The molecular formula is C19H29N5O. The summed E-state index contributed by atoms with van der Waals surface area (Å²) in [4.78, 5) is 4.27. The maximum Gasteiger partial charge on any atom is 0.190 e. The van der Waals surface area contributed by atoms with Crippen LogP contribution in [-0.4, -0.2) is 43.0 Å². The van der Waals surface area contributed by atoms with Crippen molar-refractivity contribution in [2.75, 3.05) is 27.2 Å². The molecule has 0 saturated heterocycles. The molecule has 6 nitrogen and oxygen atoms in total. The summed E-state index contributed by atoms with van der Waals surface area (Å²) in [6.45, 7) is 6.71. The third kappa shape index (κ3) is 6.14. The highest BCUT2D eigenvalue weighted by Crippen LogP contribution is 2.12. The van der Waals surface area contributed by atoms with E-state index in [1.165, 1.54) is 11.3 Å². The molecule has 1 aromatic heterocycles. The second-order valence-corrected chi connectivity index (χ2v) is 6.03. The number of aryl methyl sites for hydroxylation is 3. The minimum Gasteiger partial charge on any atom is -0.497 e. The van der Waals surface area contributed by atoms with Gasteiger partial charge < -0.3 is 15.4 Å². The van der Waals surface area contributed by atoms with Crippen LogP contribution in [0.25, 0.3) is 0 Å². The molecule has 136 valence electrons. The predicted molar refractivity (Wildman–Crippen MR) is 102 cm³/mol. The molecular weight excluding hydrogens is 314 g/mol. The maximum atomic E-state index is 5.25. The van der Waals surface area contributed by atoms with Crippen LogP contribution >= 0.6 is 0 Å². The number of ether oxygens (including phenoxy) is 1. The highest BCUT2D eigenvalue weighted by atomic mass is 16.5. The number of nitrogens with one attached hydrogen (secondary N) is 2. The zero-order chi connectivity index (χ0) is 18.1. The van der Waals surface area contributed by atoms with Gasteiger partial charge in [-0.05, 0) is 50.5 Å². The smallest absolute Gasteiger partial charge is 0.190 e. The van der Waals surface area contributed by atoms with E-state index in [9.17, 15) is 0 Å². The summed E-state index contributed by atoms with van der Waals surface area (Å²) < 4.78 is 7.30. The lowest BCUT2D eigenvalue weighted by molar-refractivity contribution is 0.414. The Kier molecular flexibility index (Phi) is 7.32. The summed E-state index contributed by atoms with van der Waals surface area (Å²) in [6.07, 6.45) is 1.92. The van der Waals surface area contributed by atoms with Gasteiger partial charge in [-0.1, -0.05) is 12.1 Å². The Morgan fingerprint density at radius 2 is 2.00 bits per heavy atom. The zero-order valence-corrected chi connectivity index (χ0v) is 15.7. The first-order valence-electron chi connectivity index (χ1n) is 8.71. The highest BCUT2D eigenvalue weighted by molar-refractivity contribution is 5.79. The average molecular weight is 343 g/mol. The molecule has 25 heavy (non-hydrogen) atoms. The average Bonchev–Trinajstić information content (AvgIpc) is 2.94. The first kappa shape index (κ1) is 18.8. The number of benzene rings is 1. The summed E-state index contributed by atoms with van der Waals surface area (Å²) in [5.41, 5.74) is 3.52. The summed E-state index contributed by atoms with van der Waals surface area (Å²) in [5, 5.41) is 11.2. The number of methoxy groups -OCH3 is 1. The lowest BCUT2D eigenvalue weighted by Gasteiger charge is -2.12. The fourth-order valence-electron chi connectivity index (χ4n) is 2.71. The molecule has 2 rings (SSSR count). The quantitative estimate of drug-likeness (QED) is 0.439. The fraction of sp³-hybridized carbons (Fsp3) is 0.474. The van der Waals surface area contributed by atoms with E-state index in [1.54, 1.807) is 14.2 Å². The van der Waals surface area contributed by atoms with Gasteiger partial charge in [0, 0.05) is 32.4 Å². The molecule has 1 heterocycles. The van der Waals surface area contributed by atoms with Gasteiger partial charge in [0.05, 0.1) is 12.8 Å². The van der Waals surface area contributed by atoms with E-state index in [-0.39, 0.29) is 0 Å². The van der Waals surface area contributed by atoms with Crippen LogP contribution in [0.4, 0.5) is 0 Å². The van der Waals surface area contributed by atoms with Crippen molar-refractivity contribution in [3.8, 4) is 5.75 Å². The Hall–Kier alpha value is -2.50. The third-order valence-corrected chi connectivity index (χ3v) is 4.01. The molecule has 1 aromatic carbocycles. The van der Waals surface area contributed by atoms with Crippen molar-refractivity contribution in [1.29, 1.82) is 0 Å². The first-order valence-corrected chi connectivity index (χ1v) is 8.71. The Morgan fingerprint density at radius 3 is 2.68 bits per heavy atom. The molecule has 6 heteroatoms. The van der Waals surface area contributed by atoms with Gasteiger partial charge in [-0.2, -0.15) is 5.10 Å². The molecule has 0 saturated carbocycles. The van der Waals surface area contributed by atoms with E-state index >= 15 is 0 Å². The molecule has 0 fully saturated rings. The van der Waals surface area contributed by atoms with Gasteiger partial charge in [0.1, 0.15) is 5.75 Å². The van der Waals surface area contributed by atoms with E-state index in [2.05, 4.69) is 50.5 Å². The molecule has 0 aliphatic carbocycles. The Balaban J connectivity index is 1.67. The van der Waals surface area contributed by atoms with E-state index in [4.69, 9.17) is 4.74 Å². The Bertz CT molecular complexity index is 693. The maximum absolute atomic E-state index is 5.25. The molecule has 2 aromatic rings. The minimum atomic E-state index is 0.824. The van der Waals surface area contributed by atoms with Gasteiger partial charge >= 0.3 is 0 Å². The monoisotopic (exact) mass is 343 g/mol. The van der Waals surface area contributed by atoms with Gasteiger partial charge in [0.15, 0.2) is 5.96 Å². The topological polar surface area (TPSA) is 63.5 Å². The van der Waals surface area contributed by atoms with Crippen molar-refractivity contribution in [3.05, 3.63) is 47.3 Å². The molecule has 0 atom stereocenters. The molecule has 0 aliphatic heterocycles. The SMILES string of the molecule is CN=C(NCCCn1nc(C)cc1C)NCCc1cccc(OC)c1. The zero-order valence-electron chi connectivity index (χ0n) is 15.7. The standard InChI is InChI=1S/C19H29N5O/c1-15-13-16(2)24(23-15)12-6-10-21-19(20-3)22-11-9-17-7-5-8-18(14-17)25-4/h5,7-8,13-14H,6,9-12H2,1-4H3,(H2,20,21,22). The van der Waals surface area contributed by atoms with Crippen LogP contribution in [-0.2, 0) is 13.0 Å². The second kappa shape index (κ2) is 9.71. The van der Waals surface area contributed by atoms with Crippen molar-refractivity contribution in [1.82, 2.24) is 20.4 Å². The van der Waals surface area contributed by atoms with Crippen molar-refractivity contribution < 1.29 is 4.74 Å². The van der Waals surface area contributed by atoms with Gasteiger partial charge in [-0.15, -0.1) is 0 Å². The number of guanidine groups is 1. The van der Waals surface area contributed by atoms with E-state index in [0.717, 1.165) is 49.9 Å². The number of hydrogen-bond donors (Lipinski definition) is 2. The lowest BCUT2D eigenvalue weighted by Crippen LogP contribution is -2.39. The summed E-state index contributed by atoms with van der Waals surface area (Å²) in [6, 6.07) is 10.2. The van der Waals surface area contributed by atoms with Crippen molar-refractivity contribution >= 4 is 5.96 Å². The molecule has 0 radical (unpaired) electrons. The van der Waals surface area contributed by atoms with Crippen molar-refractivity contribution in [2.45, 2.75) is 33.2 Å². The van der Waals surface area contributed by atoms with Gasteiger partial charge in [-0.3, -0.25) is 9.67 Å². The molecule has 0 spiro atoms. The number of rotatable bonds is 8. The van der Waals surface area contributed by atoms with E-state index in [0.29, 0.717) is 0 Å². The molecule has 0 bridgehead atoms. The summed E-state index contributed by atoms with van der Waals surface area (Å²) in [7, 11) is 3.48. The molecule has 0 aliphatic rings. The van der Waals surface area contributed by atoms with Crippen LogP contribution < -0.4 is 15.4 Å². The van der Waals surface area contributed by atoms with Crippen LogP contribution in [0.1, 0.15) is 23.4 Å². The van der Waals surface area contributed by atoms with E-state index < -0.39 is 0 Å². The molecule has 0 amide bonds. The Morgan fingerprint density at radius 1 is 1.20 bits per heavy atom. The number of hydrogen-bond acceptors (Lipinski definition) is 3. The lowest BCUT2D eigenvalue weighted by atomic mass is 10.1. The number of aromatic nitrogens is 2. The normalized spacial score (nSPS) is 11.4. The largest absolute Gasteiger partial charge is 0.497 e. The van der Waals surface area contributed by atoms with Crippen molar-refractivity contribution in [3.63, 3.8) is 0 Å². The predicted octanol–water partition coefficient (Wildman–Crippen LogP) is 2.31. The van der Waals surface area contributed by atoms with Gasteiger partial charge in [-0.25, -0.2) is 0 Å². The van der Waals surface area contributed by atoms with E-state index in [1.807, 2.05) is 19.1 Å². The second-order valence-electron chi connectivity index (χ2n) is 6.03. The number of aliphatic imine (C=N–C) groups is 1. The fourth-order valence-corrected chi connectivity index (χ4v) is 2.71. The van der Waals surface area contributed by atoms with Crippen LogP contribution in [0.15, 0.2) is 35.3 Å².